The molecule has 1 aromatic carbocycles. The van der Waals surface area contributed by atoms with E-state index >= 15 is 0 Å². The van der Waals surface area contributed by atoms with Gasteiger partial charge in [0.05, 0.1) is 13.7 Å². The number of nitrogens with one attached hydrogen (secondary N) is 1. The Morgan fingerprint density at radius 3 is 1.98 bits per heavy atom. The number of rotatable bonds is 13. The minimum Gasteiger partial charge on any atom is -0.494 e. The molecule has 1 aliphatic heterocycles. The molecule has 1 saturated heterocycles. The van der Waals surface area contributed by atoms with Gasteiger partial charge in [-0.15, -0.1) is 0 Å². The van der Waals surface area contributed by atoms with Crippen molar-refractivity contribution in [2.24, 2.45) is 0 Å². The summed E-state index contributed by atoms with van der Waals surface area (Å²) >= 11 is 0. The van der Waals surface area contributed by atoms with Crippen molar-refractivity contribution >= 4 is 29.7 Å². The standard InChI is InChI=1S/C21H29N3O2.2C4H4O4/c1-25-21-11-6-10-20(23-21)22-12-7-15-26-19-9-5-8-18(16-19)17-24-13-3-2-4-14-24;2*5-3(6)1-2-4(7)8/h5-6,8-11,16H,2-4,7,12-15,17H2,1H3,(H,22,23);2*1-2H,(H,5,6)(H,7,8)/b;2*2-1-. The fraction of sp³-hybridized carbons (Fsp3) is 0.345. The molecule has 0 bridgehead atoms. The zero-order chi connectivity index (χ0) is 31.2. The lowest BCUT2D eigenvalue weighted by Crippen LogP contribution is -2.29. The maximum Gasteiger partial charge on any atom is 0.328 e. The number of methoxy groups -OCH3 is 1. The number of nitrogens with zero attached hydrogens (tertiary/aromatic N) is 2. The van der Waals surface area contributed by atoms with Gasteiger partial charge in [0, 0.05) is 43.5 Å². The van der Waals surface area contributed by atoms with Crippen LogP contribution in [0.1, 0.15) is 31.2 Å². The first-order valence-corrected chi connectivity index (χ1v) is 13.1. The minimum atomic E-state index is -1.26. The van der Waals surface area contributed by atoms with Crippen LogP contribution in [0.5, 0.6) is 11.6 Å². The molecule has 13 heteroatoms. The molecule has 3 rings (SSSR count). The summed E-state index contributed by atoms with van der Waals surface area (Å²) in [6.45, 7) is 4.96. The van der Waals surface area contributed by atoms with Crippen molar-refractivity contribution in [2.45, 2.75) is 32.2 Å². The van der Waals surface area contributed by atoms with E-state index in [9.17, 15) is 19.2 Å². The summed E-state index contributed by atoms with van der Waals surface area (Å²) in [5.74, 6) is -2.62. The molecule has 0 amide bonds. The van der Waals surface area contributed by atoms with E-state index in [0.717, 1.165) is 31.1 Å². The molecule has 1 aliphatic rings. The Hall–Kier alpha value is -4.91. The van der Waals surface area contributed by atoms with Crippen LogP contribution in [0.15, 0.2) is 66.8 Å². The quantitative estimate of drug-likeness (QED) is 0.169. The number of carboxylic acids is 4. The van der Waals surface area contributed by atoms with Gasteiger partial charge in [0.15, 0.2) is 0 Å². The lowest BCUT2D eigenvalue weighted by molar-refractivity contribution is -0.134. The van der Waals surface area contributed by atoms with Crippen LogP contribution < -0.4 is 14.8 Å². The van der Waals surface area contributed by atoms with E-state index < -0.39 is 23.9 Å². The number of aromatic nitrogens is 1. The number of aliphatic carboxylic acids is 4. The Balaban J connectivity index is 0.000000454. The lowest BCUT2D eigenvalue weighted by Gasteiger charge is -2.26. The van der Waals surface area contributed by atoms with Crippen molar-refractivity contribution < 1.29 is 49.1 Å². The zero-order valence-electron chi connectivity index (χ0n) is 23.3. The molecule has 228 valence electrons. The number of pyridine rings is 1. The molecule has 1 aromatic heterocycles. The van der Waals surface area contributed by atoms with Crippen LogP contribution >= 0.6 is 0 Å². The van der Waals surface area contributed by atoms with Crippen LogP contribution in [-0.4, -0.2) is 87.5 Å². The molecule has 0 atom stereocenters. The van der Waals surface area contributed by atoms with Crippen LogP contribution in [0, 0.1) is 0 Å². The van der Waals surface area contributed by atoms with Crippen molar-refractivity contribution in [3.63, 3.8) is 0 Å². The summed E-state index contributed by atoms with van der Waals surface area (Å²) in [6, 6.07) is 14.2. The Morgan fingerprint density at radius 1 is 0.857 bits per heavy atom. The molecule has 0 unspecified atom stereocenters. The maximum absolute atomic E-state index is 9.55. The number of carbonyl (C=O) groups is 4. The number of carboxylic acid groups (broad SMARTS) is 4. The predicted octanol–water partition coefficient (Wildman–Crippen LogP) is 3.38. The Bertz CT molecular complexity index is 1130. The summed E-state index contributed by atoms with van der Waals surface area (Å²) in [5.41, 5.74) is 1.34. The number of ether oxygens (including phenoxy) is 2. The molecule has 0 spiro atoms. The van der Waals surface area contributed by atoms with Gasteiger partial charge in [-0.05, 0) is 56.1 Å². The van der Waals surface area contributed by atoms with E-state index in [4.69, 9.17) is 29.9 Å². The highest BCUT2D eigenvalue weighted by Gasteiger charge is 2.10. The second-order valence-corrected chi connectivity index (χ2v) is 8.70. The highest BCUT2D eigenvalue weighted by atomic mass is 16.5. The van der Waals surface area contributed by atoms with Gasteiger partial charge >= 0.3 is 23.9 Å². The Morgan fingerprint density at radius 2 is 1.43 bits per heavy atom. The number of piperidine rings is 1. The topological polar surface area (TPSA) is 196 Å². The zero-order valence-corrected chi connectivity index (χ0v) is 23.3. The van der Waals surface area contributed by atoms with Crippen molar-refractivity contribution in [1.29, 1.82) is 0 Å². The number of likely N-dealkylation sites (tertiary alicyclic amines) is 1. The van der Waals surface area contributed by atoms with E-state index in [-0.39, 0.29) is 0 Å². The van der Waals surface area contributed by atoms with E-state index in [0.29, 0.717) is 36.8 Å². The van der Waals surface area contributed by atoms with Gasteiger partial charge in [0.1, 0.15) is 11.6 Å². The largest absolute Gasteiger partial charge is 0.494 e. The third kappa shape index (κ3) is 18.4. The van der Waals surface area contributed by atoms with E-state index in [2.05, 4.69) is 33.4 Å². The van der Waals surface area contributed by atoms with Crippen molar-refractivity contribution in [2.75, 3.05) is 38.7 Å². The second kappa shape index (κ2) is 20.9. The fourth-order valence-electron chi connectivity index (χ4n) is 3.50. The first kappa shape index (κ1) is 35.1. The number of anilines is 1. The Kier molecular flexibility index (Phi) is 17.5. The minimum absolute atomic E-state index is 0.558. The first-order valence-electron chi connectivity index (χ1n) is 13.1. The smallest absolute Gasteiger partial charge is 0.328 e. The summed E-state index contributed by atoms with van der Waals surface area (Å²) in [6.07, 6.45) is 7.17. The van der Waals surface area contributed by atoms with Crippen LogP contribution in [0.2, 0.25) is 0 Å². The molecule has 5 N–H and O–H groups in total. The predicted molar refractivity (Wildman–Crippen MR) is 154 cm³/mol. The summed E-state index contributed by atoms with van der Waals surface area (Å²) in [7, 11) is 1.62. The number of hydrogen-bond acceptors (Lipinski definition) is 9. The van der Waals surface area contributed by atoms with Crippen LogP contribution in [0.3, 0.4) is 0 Å². The van der Waals surface area contributed by atoms with E-state index in [1.807, 2.05) is 24.3 Å². The molecule has 42 heavy (non-hydrogen) atoms. The molecule has 2 heterocycles. The maximum atomic E-state index is 9.55. The van der Waals surface area contributed by atoms with Crippen molar-refractivity contribution in [1.82, 2.24) is 9.88 Å². The summed E-state index contributed by atoms with van der Waals surface area (Å²) in [5, 5.41) is 34.5. The number of hydrogen-bond donors (Lipinski definition) is 5. The third-order valence-electron chi connectivity index (χ3n) is 5.32. The van der Waals surface area contributed by atoms with Crippen molar-refractivity contribution in [3.8, 4) is 11.6 Å². The molecule has 0 saturated carbocycles. The average molecular weight is 588 g/mol. The van der Waals surface area contributed by atoms with Gasteiger partial charge in [0.2, 0.25) is 5.88 Å². The fourth-order valence-corrected chi connectivity index (χ4v) is 3.50. The van der Waals surface area contributed by atoms with Crippen LogP contribution in [0.4, 0.5) is 5.82 Å². The van der Waals surface area contributed by atoms with Gasteiger partial charge in [-0.2, -0.15) is 4.98 Å². The summed E-state index contributed by atoms with van der Waals surface area (Å²) in [4.78, 5) is 45.1. The van der Waals surface area contributed by atoms with Gasteiger partial charge in [-0.25, -0.2) is 19.2 Å². The van der Waals surface area contributed by atoms with Gasteiger partial charge in [-0.1, -0.05) is 24.6 Å². The van der Waals surface area contributed by atoms with Crippen LogP contribution in [-0.2, 0) is 25.7 Å². The Labute approximate surface area is 243 Å². The molecular formula is C29H37N3O10. The van der Waals surface area contributed by atoms with E-state index in [1.165, 1.54) is 37.9 Å². The molecular weight excluding hydrogens is 550 g/mol. The summed E-state index contributed by atoms with van der Waals surface area (Å²) < 4.78 is 11.0. The second-order valence-electron chi connectivity index (χ2n) is 8.70. The lowest BCUT2D eigenvalue weighted by atomic mass is 10.1. The SMILES string of the molecule is COc1cccc(NCCCOc2cccc(CN3CCCCC3)c2)n1.O=C(O)/C=C\C(=O)O.O=C(O)/C=C\C(=O)O. The molecule has 13 nitrogen and oxygen atoms in total. The van der Waals surface area contributed by atoms with E-state index in [1.54, 1.807) is 7.11 Å². The molecule has 1 fully saturated rings. The highest BCUT2D eigenvalue weighted by Crippen LogP contribution is 2.18. The highest BCUT2D eigenvalue weighted by molar-refractivity contribution is 5.90. The molecule has 0 radical (unpaired) electrons. The monoisotopic (exact) mass is 587 g/mol. The first-order chi connectivity index (χ1) is 20.1. The molecule has 2 aromatic rings. The third-order valence-corrected chi connectivity index (χ3v) is 5.32. The normalized spacial score (nSPS) is 12.8. The van der Waals surface area contributed by atoms with Gasteiger partial charge in [-0.3, -0.25) is 4.90 Å². The van der Waals surface area contributed by atoms with Crippen molar-refractivity contribution in [3.05, 3.63) is 72.3 Å². The van der Waals surface area contributed by atoms with Crippen LogP contribution in [0.25, 0.3) is 0 Å². The van der Waals surface area contributed by atoms with Gasteiger partial charge < -0.3 is 35.2 Å². The number of benzene rings is 1. The van der Waals surface area contributed by atoms with Gasteiger partial charge in [0.25, 0.3) is 0 Å². The average Bonchev–Trinajstić information content (AvgIpc) is 2.96. The molecule has 0 aliphatic carbocycles.